The highest BCUT2D eigenvalue weighted by Gasteiger charge is 2.17. The second-order valence-electron chi connectivity index (χ2n) is 3.36. The van der Waals surface area contributed by atoms with Gasteiger partial charge in [-0.15, -0.1) is 0 Å². The summed E-state index contributed by atoms with van der Waals surface area (Å²) in [5.41, 5.74) is 10.6. The van der Waals surface area contributed by atoms with Gasteiger partial charge in [-0.2, -0.15) is 0 Å². The first kappa shape index (κ1) is 12.0. The molecule has 0 spiro atoms. The van der Waals surface area contributed by atoms with Gasteiger partial charge < -0.3 is 16.0 Å². The molecule has 0 aromatic carbocycles. The van der Waals surface area contributed by atoms with Crippen LogP contribution < -0.4 is 16.4 Å². The van der Waals surface area contributed by atoms with E-state index in [9.17, 15) is 0 Å². The molecule has 7 heteroatoms. The van der Waals surface area contributed by atoms with Crippen molar-refractivity contribution in [1.29, 1.82) is 10.8 Å². The van der Waals surface area contributed by atoms with E-state index in [0.717, 1.165) is 24.2 Å². The number of unbranched alkanes of at least 4 members (excludes halogenated alkanes) is 1. The Labute approximate surface area is 93.4 Å². The minimum atomic E-state index is -0.358. The molecule has 0 aliphatic heterocycles. The topological polar surface area (TPSA) is 129 Å². The number of anilines is 1. The van der Waals surface area contributed by atoms with E-state index in [1.54, 1.807) is 6.07 Å². The van der Waals surface area contributed by atoms with Gasteiger partial charge in [-0.05, 0) is 6.42 Å². The Morgan fingerprint density at radius 3 is 2.56 bits per heavy atom. The van der Waals surface area contributed by atoms with Crippen molar-refractivity contribution in [2.45, 2.75) is 26.2 Å². The van der Waals surface area contributed by atoms with Crippen LogP contribution in [0.15, 0.2) is 10.6 Å². The summed E-state index contributed by atoms with van der Waals surface area (Å²) in [7, 11) is 0. The molecule has 0 bridgehead atoms. The van der Waals surface area contributed by atoms with Gasteiger partial charge in [0.25, 0.3) is 0 Å². The van der Waals surface area contributed by atoms with E-state index in [-0.39, 0.29) is 17.7 Å². The third-order valence-electron chi connectivity index (χ3n) is 2.03. The van der Waals surface area contributed by atoms with Crippen LogP contribution in [0.4, 0.5) is 5.82 Å². The van der Waals surface area contributed by atoms with Gasteiger partial charge in [-0.1, -0.05) is 18.5 Å². The lowest BCUT2D eigenvalue weighted by Gasteiger charge is -2.15. The molecule has 1 rings (SSSR count). The molecule has 0 aliphatic carbocycles. The number of hydrogen-bond acceptors (Lipinski definition) is 4. The van der Waals surface area contributed by atoms with Gasteiger partial charge in [0.05, 0.1) is 0 Å². The zero-order chi connectivity index (χ0) is 12.1. The lowest BCUT2D eigenvalue weighted by molar-refractivity contribution is 0.382. The first-order valence-electron chi connectivity index (χ1n) is 5.00. The highest BCUT2D eigenvalue weighted by Crippen LogP contribution is 2.15. The Kier molecular flexibility index (Phi) is 3.87. The summed E-state index contributed by atoms with van der Waals surface area (Å²) in [6.07, 6.45) is 2.82. The molecule has 0 aliphatic rings. The largest absolute Gasteiger partial charge is 0.369 e. The summed E-state index contributed by atoms with van der Waals surface area (Å²) in [6.45, 7) is 2.08. The zero-order valence-electron chi connectivity index (χ0n) is 9.16. The number of rotatable bonds is 4. The van der Waals surface area contributed by atoms with E-state index in [0.29, 0.717) is 5.76 Å². The maximum atomic E-state index is 7.27. The quantitative estimate of drug-likeness (QED) is 0.440. The lowest BCUT2D eigenvalue weighted by atomic mass is 10.2. The molecule has 88 valence electrons. The Morgan fingerprint density at radius 1 is 1.44 bits per heavy atom. The number of nitrogens with zero attached hydrogens (tertiary/aromatic N) is 2. The van der Waals surface area contributed by atoms with Gasteiger partial charge in [0.1, 0.15) is 5.76 Å². The summed E-state index contributed by atoms with van der Waals surface area (Å²) in [4.78, 5) is 0.999. The molecule has 0 fully saturated rings. The van der Waals surface area contributed by atoms with Gasteiger partial charge in [0.15, 0.2) is 5.82 Å². The van der Waals surface area contributed by atoms with Crippen LogP contribution in [0, 0.1) is 10.8 Å². The van der Waals surface area contributed by atoms with Gasteiger partial charge >= 0.3 is 0 Å². The van der Waals surface area contributed by atoms with E-state index in [1.165, 1.54) is 0 Å². The molecule has 16 heavy (non-hydrogen) atoms. The molecular formula is C9H16N6O. The SMILES string of the molecule is CCCCc1cc(N(C(=N)N)C(=N)N)no1. The van der Waals surface area contributed by atoms with Gasteiger partial charge in [0, 0.05) is 12.5 Å². The second-order valence-corrected chi connectivity index (χ2v) is 3.36. The molecule has 0 saturated heterocycles. The van der Waals surface area contributed by atoms with Crippen LogP contribution in [-0.2, 0) is 6.42 Å². The Bertz CT molecular complexity index is 371. The third-order valence-corrected chi connectivity index (χ3v) is 2.03. The van der Waals surface area contributed by atoms with Crippen LogP contribution in [0.3, 0.4) is 0 Å². The van der Waals surface area contributed by atoms with Crippen molar-refractivity contribution in [2.24, 2.45) is 11.5 Å². The minimum Gasteiger partial charge on any atom is -0.369 e. The van der Waals surface area contributed by atoms with E-state index in [1.807, 2.05) is 0 Å². The molecule has 0 amide bonds. The van der Waals surface area contributed by atoms with E-state index >= 15 is 0 Å². The van der Waals surface area contributed by atoms with Crippen LogP contribution in [0.1, 0.15) is 25.5 Å². The van der Waals surface area contributed by atoms with Crippen molar-refractivity contribution in [3.8, 4) is 0 Å². The van der Waals surface area contributed by atoms with Crippen molar-refractivity contribution in [2.75, 3.05) is 4.90 Å². The van der Waals surface area contributed by atoms with E-state index in [4.69, 9.17) is 26.8 Å². The van der Waals surface area contributed by atoms with Crippen molar-refractivity contribution in [3.05, 3.63) is 11.8 Å². The van der Waals surface area contributed by atoms with Crippen LogP contribution in [0.5, 0.6) is 0 Å². The Balaban J connectivity index is 2.82. The third kappa shape index (κ3) is 2.72. The summed E-state index contributed by atoms with van der Waals surface area (Å²) in [6, 6.07) is 1.64. The molecule has 0 saturated carbocycles. The smallest absolute Gasteiger partial charge is 0.201 e. The number of aryl methyl sites for hydroxylation is 1. The minimum absolute atomic E-state index is 0.270. The molecule has 1 aromatic rings. The lowest BCUT2D eigenvalue weighted by Crippen LogP contribution is -2.45. The molecule has 1 aromatic heterocycles. The van der Waals surface area contributed by atoms with Gasteiger partial charge in [-0.3, -0.25) is 10.8 Å². The molecule has 1 heterocycles. The number of guanidine groups is 2. The zero-order valence-corrected chi connectivity index (χ0v) is 9.16. The fourth-order valence-electron chi connectivity index (χ4n) is 1.25. The number of hydrogen-bond donors (Lipinski definition) is 4. The average Bonchev–Trinajstić information content (AvgIpc) is 2.62. The van der Waals surface area contributed by atoms with Gasteiger partial charge in [-0.25, -0.2) is 4.90 Å². The van der Waals surface area contributed by atoms with Crippen LogP contribution in [0.25, 0.3) is 0 Å². The maximum Gasteiger partial charge on any atom is 0.201 e. The number of nitrogens with two attached hydrogens (primary N) is 2. The molecule has 0 atom stereocenters. The molecular weight excluding hydrogens is 208 g/mol. The van der Waals surface area contributed by atoms with E-state index < -0.39 is 0 Å². The van der Waals surface area contributed by atoms with Crippen molar-refractivity contribution in [3.63, 3.8) is 0 Å². The van der Waals surface area contributed by atoms with Crippen LogP contribution in [0.2, 0.25) is 0 Å². The standard InChI is InChI=1S/C9H16N6O/c1-2-3-4-6-5-7(14-16-6)15(8(10)11)9(12)13/h5H,2-4H2,1H3,(H3,10,11)(H3,12,13). The highest BCUT2D eigenvalue weighted by molar-refractivity contribution is 6.13. The number of nitrogens with one attached hydrogen (secondary N) is 2. The summed E-state index contributed by atoms with van der Waals surface area (Å²) in [5, 5.41) is 18.3. The van der Waals surface area contributed by atoms with Crippen LogP contribution in [-0.4, -0.2) is 17.1 Å². The summed E-state index contributed by atoms with van der Waals surface area (Å²) >= 11 is 0. The molecule has 6 N–H and O–H groups in total. The summed E-state index contributed by atoms with van der Waals surface area (Å²) < 4.78 is 5.05. The van der Waals surface area contributed by atoms with Crippen molar-refractivity contribution >= 4 is 17.7 Å². The fraction of sp³-hybridized carbons (Fsp3) is 0.444. The molecule has 7 nitrogen and oxygen atoms in total. The molecule has 0 radical (unpaired) electrons. The maximum absolute atomic E-state index is 7.27. The number of aromatic nitrogens is 1. The normalized spacial score (nSPS) is 10.1. The predicted molar refractivity (Wildman–Crippen MR) is 61.4 cm³/mol. The van der Waals surface area contributed by atoms with E-state index in [2.05, 4.69) is 12.1 Å². The molecule has 0 unspecified atom stereocenters. The summed E-state index contributed by atoms with van der Waals surface area (Å²) in [5.74, 6) is 0.251. The van der Waals surface area contributed by atoms with Crippen molar-refractivity contribution in [1.82, 2.24) is 5.16 Å². The van der Waals surface area contributed by atoms with Crippen molar-refractivity contribution < 1.29 is 4.52 Å². The second kappa shape index (κ2) is 5.15. The fourth-order valence-corrected chi connectivity index (χ4v) is 1.25. The predicted octanol–water partition coefficient (Wildman–Crippen LogP) is 0.611. The Morgan fingerprint density at radius 2 is 2.06 bits per heavy atom. The van der Waals surface area contributed by atoms with Crippen LogP contribution >= 0.6 is 0 Å². The Hall–Kier alpha value is -2.05. The van der Waals surface area contributed by atoms with Gasteiger partial charge in [0.2, 0.25) is 11.9 Å². The highest BCUT2D eigenvalue weighted by atomic mass is 16.5. The monoisotopic (exact) mass is 224 g/mol. The average molecular weight is 224 g/mol. The first-order valence-corrected chi connectivity index (χ1v) is 5.00. The first-order chi connectivity index (χ1) is 7.56.